The van der Waals surface area contributed by atoms with E-state index in [1.165, 1.54) is 24.3 Å². The first-order chi connectivity index (χ1) is 37.9. The van der Waals surface area contributed by atoms with Gasteiger partial charge in [0.2, 0.25) is 0 Å². The van der Waals surface area contributed by atoms with Gasteiger partial charge in [0, 0.05) is 52.1 Å². The number of hydrogen-bond donors (Lipinski definition) is 1. The van der Waals surface area contributed by atoms with E-state index in [1.807, 2.05) is 110 Å². The van der Waals surface area contributed by atoms with Crippen LogP contribution >= 0.6 is 0 Å². The van der Waals surface area contributed by atoms with Crippen molar-refractivity contribution >= 4 is 11.0 Å². The van der Waals surface area contributed by atoms with Crippen LogP contribution in [0.1, 0.15) is 133 Å². The summed E-state index contributed by atoms with van der Waals surface area (Å²) in [4.78, 5) is 10.2. The summed E-state index contributed by atoms with van der Waals surface area (Å²) >= 11 is 0. The molecule has 0 aliphatic heterocycles. The van der Waals surface area contributed by atoms with E-state index in [0.29, 0.717) is 83.6 Å². The van der Waals surface area contributed by atoms with Crippen molar-refractivity contribution in [3.05, 3.63) is 191 Å². The van der Waals surface area contributed by atoms with Crippen LogP contribution < -0.4 is 0 Å². The van der Waals surface area contributed by atoms with Crippen LogP contribution in [0.3, 0.4) is 0 Å². The van der Waals surface area contributed by atoms with Crippen molar-refractivity contribution < 1.29 is 45.4 Å². The van der Waals surface area contributed by atoms with Gasteiger partial charge in [-0.2, -0.15) is 0 Å². The summed E-state index contributed by atoms with van der Waals surface area (Å²) in [6, 6.07) is 46.7. The number of phenolic OH excluding ortho intramolecular Hbond substituents is 1. The summed E-state index contributed by atoms with van der Waals surface area (Å²) in [5, 5.41) is 12.1. The zero-order valence-electron chi connectivity index (χ0n) is 54.0. The topological polar surface area (TPSA) is 50.9 Å². The van der Waals surface area contributed by atoms with Gasteiger partial charge in [-0.25, -0.2) is 4.98 Å². The second-order valence-corrected chi connectivity index (χ2v) is 19.2. The summed E-state index contributed by atoms with van der Waals surface area (Å²) in [6.07, 6.45) is 1.60. The van der Waals surface area contributed by atoms with Crippen LogP contribution in [0.25, 0.3) is 83.9 Å². The first-order valence-corrected chi connectivity index (χ1v) is 22.8. The SMILES string of the molecule is [2H]C([2H])([2H])c1cc(-c2cc(C([2H])(C)C)cc(C([2H])(C)C)c2)ccc1-n1c(-c2cc(C(C)(C)C)cc(C)c2O)nc2c(-c3[c-]c(-c4cc(-c5ccc(C(C([2H])([2H])[2H])(C([2H])([2H])[2H])C([2H])([2H])[2H])cc5)ccn4)cc(-c4ccccc4)c3)cccc21.[Pt]. The number of aryl methyl sites for hydroxylation is 2. The fourth-order valence-corrected chi connectivity index (χ4v) is 8.73. The number of hydrogen-bond acceptors (Lipinski definition) is 3. The zero-order chi connectivity index (χ0) is 60.1. The molecule has 9 aromatic rings. The molecule has 0 amide bonds. The van der Waals surface area contributed by atoms with E-state index in [2.05, 4.69) is 26.8 Å². The minimum Gasteiger partial charge on any atom is -0.507 e. The summed E-state index contributed by atoms with van der Waals surface area (Å²) < 4.78 is 121. The molecule has 9 rings (SSSR count). The van der Waals surface area contributed by atoms with Gasteiger partial charge in [0.1, 0.15) is 11.6 Å². The maximum atomic E-state index is 12.1. The van der Waals surface area contributed by atoms with Crippen LogP contribution in [-0.2, 0) is 31.9 Å². The molecule has 2 heterocycles. The molecule has 0 fully saturated rings. The van der Waals surface area contributed by atoms with Gasteiger partial charge in [-0.15, -0.1) is 23.8 Å². The first-order valence-electron chi connectivity index (χ1n) is 29.8. The average molecular weight is 1100 g/mol. The Labute approximate surface area is 444 Å². The quantitative estimate of drug-likeness (QED) is 0.147. The predicted octanol–water partition coefficient (Wildman–Crippen LogP) is 17.4. The van der Waals surface area contributed by atoms with Gasteiger partial charge in [-0.1, -0.05) is 189 Å². The number of aromatic nitrogens is 3. The van der Waals surface area contributed by atoms with Gasteiger partial charge in [-0.05, 0) is 128 Å². The molecular formula is C64H64N3OPt-. The molecule has 0 radical (unpaired) electrons. The molecule has 0 atom stereocenters. The molecule has 0 aliphatic carbocycles. The number of phenols is 1. The van der Waals surface area contributed by atoms with E-state index in [-0.39, 0.29) is 49.2 Å². The van der Waals surface area contributed by atoms with Gasteiger partial charge < -0.3 is 5.11 Å². The fraction of sp³-hybridized carbons (Fsp3) is 0.250. The van der Waals surface area contributed by atoms with E-state index >= 15 is 0 Å². The Kier molecular flexibility index (Phi) is 9.47. The second kappa shape index (κ2) is 19.2. The van der Waals surface area contributed by atoms with Gasteiger partial charge in [0.05, 0.1) is 22.3 Å². The molecule has 69 heavy (non-hydrogen) atoms. The third kappa shape index (κ3) is 9.93. The molecule has 0 spiro atoms. The van der Waals surface area contributed by atoms with E-state index in [4.69, 9.17) is 29.2 Å². The summed E-state index contributed by atoms with van der Waals surface area (Å²) in [5.41, 5.74) is 7.05. The maximum Gasteiger partial charge on any atom is 0.148 e. The molecule has 0 unspecified atom stereocenters. The third-order valence-electron chi connectivity index (χ3n) is 12.7. The third-order valence-corrected chi connectivity index (χ3v) is 12.7. The number of nitrogens with zero attached hydrogens (tertiary/aromatic N) is 3. The van der Waals surface area contributed by atoms with Gasteiger partial charge in [-0.3, -0.25) is 9.55 Å². The normalized spacial score (nSPS) is 16.0. The molecule has 352 valence electrons. The van der Waals surface area contributed by atoms with Crippen LogP contribution in [0.2, 0.25) is 0 Å². The van der Waals surface area contributed by atoms with Crippen LogP contribution in [0.15, 0.2) is 152 Å². The molecule has 1 N–H and O–H groups in total. The Hall–Kier alpha value is -6.35. The number of rotatable bonds is 9. The largest absolute Gasteiger partial charge is 0.507 e. The Bertz CT molecular complexity index is 3830. The van der Waals surface area contributed by atoms with E-state index in [9.17, 15) is 5.11 Å². The van der Waals surface area contributed by atoms with E-state index < -0.39 is 44.6 Å². The number of para-hydroxylation sites is 1. The van der Waals surface area contributed by atoms with Crippen molar-refractivity contribution in [1.29, 1.82) is 0 Å². The first kappa shape index (κ1) is 34.0. The molecule has 0 aliphatic rings. The maximum absolute atomic E-state index is 12.1. The Morgan fingerprint density at radius 3 is 1.91 bits per heavy atom. The van der Waals surface area contributed by atoms with E-state index in [1.54, 1.807) is 56.7 Å². The standard InChI is InChI=1S/C64H64N3O.Pt/c1-39(2)47-31-48(40(3)4)33-50(32-47)45-23-26-58(41(5)29-45)67-59-20-16-19-55(60(59)66-62(67)56-38-54(64(10,11)12)30-42(6)61(56)68)51-34-49(43-17-14-13-15-18-43)35-52(36-51)57-37-46(27-28-65-57)44-21-24-53(25-22-44)63(7,8)9;/h13-35,37-40,68H,1-12H3;/q-1;/i5D3,7D3,8D3,9D3,39D,40D;. The van der Waals surface area contributed by atoms with Gasteiger partial charge in [0.15, 0.2) is 0 Å². The zero-order valence-corrected chi connectivity index (χ0v) is 42.3. The number of pyridine rings is 1. The Morgan fingerprint density at radius 1 is 0.594 bits per heavy atom. The minimum atomic E-state index is -3.42. The molecule has 0 saturated carbocycles. The van der Waals surface area contributed by atoms with Crippen molar-refractivity contribution in [3.63, 3.8) is 0 Å². The summed E-state index contributed by atoms with van der Waals surface area (Å²) in [7, 11) is 0. The number of imidazole rings is 1. The predicted molar refractivity (Wildman–Crippen MR) is 287 cm³/mol. The Balaban J connectivity index is 0.00000900. The van der Waals surface area contributed by atoms with Crippen LogP contribution in [0.4, 0.5) is 0 Å². The molecule has 4 nitrogen and oxygen atoms in total. The summed E-state index contributed by atoms with van der Waals surface area (Å²) in [6.45, 7) is 2.23. The van der Waals surface area contributed by atoms with Crippen LogP contribution in [0.5, 0.6) is 5.75 Å². The van der Waals surface area contributed by atoms with Gasteiger partial charge >= 0.3 is 0 Å². The van der Waals surface area contributed by atoms with Crippen molar-refractivity contribution in [2.75, 3.05) is 0 Å². The molecular weight excluding hydrogens is 1020 g/mol. The molecule has 2 aromatic heterocycles. The van der Waals surface area contributed by atoms with Crippen LogP contribution in [-0.4, -0.2) is 19.6 Å². The minimum absolute atomic E-state index is 0. The fourth-order valence-electron chi connectivity index (χ4n) is 8.73. The monoisotopic (exact) mass is 1100 g/mol. The average Bonchev–Trinajstić information content (AvgIpc) is 1.89. The molecule has 7 aromatic carbocycles. The van der Waals surface area contributed by atoms with Crippen molar-refractivity contribution in [1.82, 2.24) is 14.5 Å². The number of fused-ring (bicyclic) bond motifs is 1. The number of benzene rings is 7. The van der Waals surface area contributed by atoms with Gasteiger partial charge in [0.25, 0.3) is 0 Å². The van der Waals surface area contributed by atoms with Crippen molar-refractivity contribution in [3.8, 4) is 78.6 Å². The van der Waals surface area contributed by atoms with Crippen LogP contribution in [0, 0.1) is 19.8 Å². The molecule has 0 bridgehead atoms. The van der Waals surface area contributed by atoms with Crippen molar-refractivity contribution in [2.24, 2.45) is 0 Å². The van der Waals surface area contributed by atoms with E-state index in [0.717, 1.165) is 16.7 Å². The summed E-state index contributed by atoms with van der Waals surface area (Å²) in [5.74, 6) is -1.77. The van der Waals surface area contributed by atoms with Crippen molar-refractivity contribution in [2.45, 2.75) is 105 Å². The Morgan fingerprint density at radius 2 is 1.25 bits per heavy atom. The second-order valence-electron chi connectivity index (χ2n) is 19.2. The molecule has 0 saturated heterocycles. The smallest absolute Gasteiger partial charge is 0.148 e. The molecule has 5 heteroatoms. The number of aromatic hydroxyl groups is 1.